The van der Waals surface area contributed by atoms with Crippen LogP contribution in [0.5, 0.6) is 0 Å². The number of aromatic nitrogens is 1. The van der Waals surface area contributed by atoms with Crippen LogP contribution in [0.4, 0.5) is 5.82 Å². The van der Waals surface area contributed by atoms with E-state index < -0.39 is 0 Å². The summed E-state index contributed by atoms with van der Waals surface area (Å²) in [5, 5.41) is 6.80. The van der Waals surface area contributed by atoms with Crippen LogP contribution in [-0.4, -0.2) is 50.8 Å². The molecule has 2 N–H and O–H groups in total. The molecule has 7 heteroatoms. The Labute approximate surface area is 175 Å². The van der Waals surface area contributed by atoms with E-state index in [4.69, 9.17) is 4.74 Å². The molecule has 0 saturated carbocycles. The molecule has 0 bridgehead atoms. The lowest BCUT2D eigenvalue weighted by Gasteiger charge is -2.29. The van der Waals surface area contributed by atoms with Gasteiger partial charge in [0.15, 0.2) is 5.96 Å². The number of pyridine rings is 1. The van der Waals surface area contributed by atoms with Crippen molar-refractivity contribution in [1.29, 1.82) is 0 Å². The Kier molecular flexibility index (Phi) is 11.6. The number of nitrogens with zero attached hydrogens (tertiary/aromatic N) is 3. The first-order valence-corrected chi connectivity index (χ1v) is 9.41. The van der Waals surface area contributed by atoms with Gasteiger partial charge in [-0.3, -0.25) is 4.99 Å². The van der Waals surface area contributed by atoms with Crippen molar-refractivity contribution >= 4 is 35.8 Å². The van der Waals surface area contributed by atoms with Gasteiger partial charge in [0.2, 0.25) is 0 Å². The number of unbranched alkanes of at least 4 members (excludes halogenated alkanes) is 1. The zero-order chi connectivity index (χ0) is 17.9. The fourth-order valence-electron chi connectivity index (χ4n) is 2.91. The number of guanidine groups is 1. The van der Waals surface area contributed by atoms with Gasteiger partial charge in [0.1, 0.15) is 5.82 Å². The molecule has 0 radical (unpaired) electrons. The Hall–Kier alpha value is -1.09. The molecule has 148 valence electrons. The Morgan fingerprint density at radius 1 is 1.27 bits per heavy atom. The first-order valence-electron chi connectivity index (χ1n) is 9.41. The van der Waals surface area contributed by atoms with Gasteiger partial charge in [-0.05, 0) is 18.4 Å². The number of nitrogens with one attached hydrogen (secondary N) is 2. The molecule has 0 atom stereocenters. The maximum absolute atomic E-state index is 5.44. The van der Waals surface area contributed by atoms with E-state index in [2.05, 4.69) is 45.4 Å². The zero-order valence-corrected chi connectivity index (χ0v) is 18.7. The predicted molar refractivity (Wildman–Crippen MR) is 120 cm³/mol. The molecule has 2 rings (SSSR count). The molecule has 0 aliphatic carbocycles. The topological polar surface area (TPSA) is 61.8 Å². The smallest absolute Gasteiger partial charge is 0.191 e. The van der Waals surface area contributed by atoms with Gasteiger partial charge in [-0.15, -0.1) is 24.0 Å². The van der Waals surface area contributed by atoms with E-state index >= 15 is 0 Å². The molecule has 1 saturated heterocycles. The van der Waals surface area contributed by atoms with E-state index in [-0.39, 0.29) is 24.0 Å². The number of rotatable bonds is 8. The Bertz CT molecular complexity index is 532. The van der Waals surface area contributed by atoms with Crippen LogP contribution in [0, 0.1) is 5.92 Å². The second-order valence-corrected chi connectivity index (χ2v) is 6.83. The largest absolute Gasteiger partial charge is 0.378 e. The lowest BCUT2D eigenvalue weighted by Crippen LogP contribution is -2.39. The third-order valence-corrected chi connectivity index (χ3v) is 4.35. The zero-order valence-electron chi connectivity index (χ0n) is 16.3. The fourth-order valence-corrected chi connectivity index (χ4v) is 2.91. The van der Waals surface area contributed by atoms with Crippen molar-refractivity contribution in [3.8, 4) is 0 Å². The first-order chi connectivity index (χ1) is 12.2. The minimum Gasteiger partial charge on any atom is -0.378 e. The molecule has 1 aliphatic heterocycles. The number of anilines is 1. The molecular formula is C19H34IN5O. The predicted octanol–water partition coefficient (Wildman–Crippen LogP) is 3.03. The molecule has 1 aromatic heterocycles. The quantitative estimate of drug-likeness (QED) is 0.262. The van der Waals surface area contributed by atoms with Gasteiger partial charge < -0.3 is 20.3 Å². The number of aliphatic imine (C=N–C) groups is 1. The van der Waals surface area contributed by atoms with E-state index in [1.54, 1.807) is 0 Å². The summed E-state index contributed by atoms with van der Waals surface area (Å²) in [5.74, 6) is 2.67. The number of ether oxygens (including phenoxy) is 1. The van der Waals surface area contributed by atoms with E-state index in [1.165, 1.54) is 24.8 Å². The van der Waals surface area contributed by atoms with Gasteiger partial charge in [0.05, 0.1) is 13.2 Å². The molecule has 26 heavy (non-hydrogen) atoms. The minimum atomic E-state index is 0. The standard InChI is InChI=1S/C19H33N5O.HI/c1-16(2)7-4-5-9-22-19(20-3)23-15-17-8-6-10-21-18(17)24-11-13-25-14-12-24;/h6,8,10,16H,4-5,7,9,11-15H2,1-3H3,(H2,20,22,23);1H. The van der Waals surface area contributed by atoms with E-state index in [0.717, 1.165) is 50.5 Å². The van der Waals surface area contributed by atoms with E-state index in [0.29, 0.717) is 6.54 Å². The molecular weight excluding hydrogens is 441 g/mol. The monoisotopic (exact) mass is 475 g/mol. The summed E-state index contributed by atoms with van der Waals surface area (Å²) in [6.45, 7) is 9.54. The molecule has 1 aliphatic rings. The maximum atomic E-state index is 5.44. The van der Waals surface area contributed by atoms with Crippen molar-refractivity contribution in [2.24, 2.45) is 10.9 Å². The van der Waals surface area contributed by atoms with Crippen molar-refractivity contribution < 1.29 is 4.74 Å². The van der Waals surface area contributed by atoms with Crippen LogP contribution in [0.2, 0.25) is 0 Å². The number of hydrogen-bond donors (Lipinski definition) is 2. The summed E-state index contributed by atoms with van der Waals surface area (Å²) in [6.07, 6.45) is 5.57. The van der Waals surface area contributed by atoms with Crippen molar-refractivity contribution in [3.05, 3.63) is 23.9 Å². The lowest BCUT2D eigenvalue weighted by atomic mass is 10.1. The van der Waals surface area contributed by atoms with Gasteiger partial charge in [-0.2, -0.15) is 0 Å². The average Bonchev–Trinajstić information content (AvgIpc) is 2.64. The molecule has 0 amide bonds. The van der Waals surface area contributed by atoms with Crippen molar-refractivity contribution in [2.75, 3.05) is 44.8 Å². The minimum absolute atomic E-state index is 0. The van der Waals surface area contributed by atoms with Gasteiger partial charge >= 0.3 is 0 Å². The van der Waals surface area contributed by atoms with Crippen LogP contribution in [0.3, 0.4) is 0 Å². The second kappa shape index (κ2) is 13.1. The van der Waals surface area contributed by atoms with Crippen LogP contribution >= 0.6 is 24.0 Å². The average molecular weight is 475 g/mol. The van der Waals surface area contributed by atoms with Crippen LogP contribution in [0.25, 0.3) is 0 Å². The summed E-state index contributed by atoms with van der Waals surface area (Å²) in [5.41, 5.74) is 1.19. The molecule has 1 aromatic rings. The van der Waals surface area contributed by atoms with Gasteiger partial charge in [-0.25, -0.2) is 4.98 Å². The molecule has 1 fully saturated rings. The summed E-state index contributed by atoms with van der Waals surface area (Å²) in [4.78, 5) is 11.2. The number of halogens is 1. The molecule has 0 spiro atoms. The molecule has 2 heterocycles. The van der Waals surface area contributed by atoms with E-state index in [9.17, 15) is 0 Å². The van der Waals surface area contributed by atoms with Crippen molar-refractivity contribution in [2.45, 2.75) is 39.7 Å². The normalized spacial score (nSPS) is 14.9. The summed E-state index contributed by atoms with van der Waals surface area (Å²) in [6, 6.07) is 4.11. The van der Waals surface area contributed by atoms with Crippen molar-refractivity contribution in [1.82, 2.24) is 15.6 Å². The Balaban J connectivity index is 0.00000338. The highest BCUT2D eigenvalue weighted by Gasteiger charge is 2.15. The number of morpholine rings is 1. The second-order valence-electron chi connectivity index (χ2n) is 6.83. The van der Waals surface area contributed by atoms with Gasteiger partial charge in [0.25, 0.3) is 0 Å². The molecule has 0 unspecified atom stereocenters. The number of hydrogen-bond acceptors (Lipinski definition) is 4. The van der Waals surface area contributed by atoms with Crippen LogP contribution in [0.1, 0.15) is 38.7 Å². The fraction of sp³-hybridized carbons (Fsp3) is 0.684. The molecule has 6 nitrogen and oxygen atoms in total. The Morgan fingerprint density at radius 2 is 2.04 bits per heavy atom. The highest BCUT2D eigenvalue weighted by molar-refractivity contribution is 14.0. The molecule has 0 aromatic carbocycles. The first kappa shape index (κ1) is 23.0. The SMILES string of the molecule is CN=C(NCCCCC(C)C)NCc1cccnc1N1CCOCC1.I. The summed E-state index contributed by atoms with van der Waals surface area (Å²) < 4.78 is 5.44. The van der Waals surface area contributed by atoms with Gasteiger partial charge in [-0.1, -0.05) is 32.8 Å². The van der Waals surface area contributed by atoms with Crippen LogP contribution in [-0.2, 0) is 11.3 Å². The van der Waals surface area contributed by atoms with Gasteiger partial charge in [0, 0.05) is 45.0 Å². The van der Waals surface area contributed by atoms with E-state index in [1.807, 2.05) is 19.3 Å². The Morgan fingerprint density at radius 3 is 2.73 bits per heavy atom. The van der Waals surface area contributed by atoms with Crippen LogP contribution < -0.4 is 15.5 Å². The highest BCUT2D eigenvalue weighted by atomic mass is 127. The third-order valence-electron chi connectivity index (χ3n) is 4.35. The summed E-state index contributed by atoms with van der Waals surface area (Å²) in [7, 11) is 1.82. The third kappa shape index (κ3) is 8.07. The van der Waals surface area contributed by atoms with Crippen molar-refractivity contribution in [3.63, 3.8) is 0 Å². The summed E-state index contributed by atoms with van der Waals surface area (Å²) >= 11 is 0. The van der Waals surface area contributed by atoms with Crippen LogP contribution in [0.15, 0.2) is 23.3 Å². The maximum Gasteiger partial charge on any atom is 0.191 e. The highest BCUT2D eigenvalue weighted by Crippen LogP contribution is 2.18. The lowest BCUT2D eigenvalue weighted by molar-refractivity contribution is 0.122.